The van der Waals surface area contributed by atoms with E-state index in [1.54, 1.807) is 0 Å². The second-order valence-corrected chi connectivity index (χ2v) is 9.64. The summed E-state index contributed by atoms with van der Waals surface area (Å²) >= 11 is 0. The van der Waals surface area contributed by atoms with Crippen LogP contribution < -0.4 is 10.6 Å². The lowest BCUT2D eigenvalue weighted by Gasteiger charge is -2.30. The normalized spacial score (nSPS) is 24.7. The van der Waals surface area contributed by atoms with Crippen LogP contribution in [0.2, 0.25) is 0 Å². The number of piperazine rings is 1. The van der Waals surface area contributed by atoms with Gasteiger partial charge in [0.25, 0.3) is 0 Å². The molecule has 0 radical (unpaired) electrons. The predicted molar refractivity (Wildman–Crippen MR) is 123 cm³/mol. The van der Waals surface area contributed by atoms with Crippen molar-refractivity contribution in [3.63, 3.8) is 0 Å². The van der Waals surface area contributed by atoms with Crippen molar-refractivity contribution < 1.29 is 14.3 Å². The lowest BCUT2D eigenvalue weighted by atomic mass is 9.97. The molecular formula is C27H32N2O3. The summed E-state index contributed by atoms with van der Waals surface area (Å²) in [4.78, 5) is 25.3. The van der Waals surface area contributed by atoms with Gasteiger partial charge in [-0.15, -0.1) is 0 Å². The van der Waals surface area contributed by atoms with E-state index in [0.717, 1.165) is 42.9 Å². The molecule has 5 rings (SSSR count). The molecule has 5 nitrogen and oxygen atoms in total. The lowest BCUT2D eigenvalue weighted by Crippen LogP contribution is -2.62. The summed E-state index contributed by atoms with van der Waals surface area (Å²) in [6.45, 7) is 0.890. The molecule has 168 valence electrons. The van der Waals surface area contributed by atoms with Crippen molar-refractivity contribution in [2.45, 2.75) is 69.6 Å². The Balaban J connectivity index is 1.11. The van der Waals surface area contributed by atoms with Gasteiger partial charge in [-0.1, -0.05) is 61.4 Å². The van der Waals surface area contributed by atoms with Crippen molar-refractivity contribution in [1.29, 1.82) is 0 Å². The fraction of sp³-hybridized carbons (Fsp3) is 0.481. The molecule has 2 aliphatic heterocycles. The molecule has 2 amide bonds. The second kappa shape index (κ2) is 9.45. The smallest absolute Gasteiger partial charge is 0.243 e. The summed E-state index contributed by atoms with van der Waals surface area (Å²) in [6.07, 6.45) is 8.71. The summed E-state index contributed by atoms with van der Waals surface area (Å²) in [5, 5.41) is 5.87. The van der Waals surface area contributed by atoms with E-state index in [-0.39, 0.29) is 11.8 Å². The number of benzene rings is 2. The van der Waals surface area contributed by atoms with Gasteiger partial charge in [-0.2, -0.15) is 0 Å². The Bertz CT molecular complexity index is 866. The number of carbonyl (C=O) groups is 2. The molecule has 3 aliphatic rings. The van der Waals surface area contributed by atoms with Crippen LogP contribution in [-0.4, -0.2) is 36.6 Å². The molecule has 2 N–H and O–H groups in total. The maximum Gasteiger partial charge on any atom is 0.243 e. The number of rotatable bonds is 10. The molecule has 3 unspecified atom stereocenters. The van der Waals surface area contributed by atoms with Crippen molar-refractivity contribution in [3.8, 4) is 0 Å². The molecule has 2 saturated heterocycles. The van der Waals surface area contributed by atoms with Crippen LogP contribution in [0.25, 0.3) is 0 Å². The highest BCUT2D eigenvalue weighted by Crippen LogP contribution is 2.33. The van der Waals surface area contributed by atoms with Gasteiger partial charge >= 0.3 is 0 Å². The predicted octanol–water partition coefficient (Wildman–Crippen LogP) is 3.13. The van der Waals surface area contributed by atoms with E-state index in [1.165, 1.54) is 30.4 Å². The number of nitrogens with one attached hydrogen (secondary N) is 2. The second-order valence-electron chi connectivity index (χ2n) is 9.64. The number of epoxide rings is 1. The molecule has 32 heavy (non-hydrogen) atoms. The Hall–Kier alpha value is -2.66. The minimum Gasteiger partial charge on any atom is -0.373 e. The first kappa shape index (κ1) is 21.2. The number of aryl methyl sites for hydroxylation is 2. The molecule has 5 heteroatoms. The maximum absolute atomic E-state index is 12.7. The van der Waals surface area contributed by atoms with Crippen LogP contribution in [0, 0.1) is 5.92 Å². The standard InChI is InChI=1S/C27H32N2O3/c30-26-24(15-21-9-5-19(6-10-21)4-3-18-1-2-18)28-27(31)25(29-26)16-22-11-7-20(8-12-22)13-14-23-17-32-23/h5-12,18,23-25H,1-4,13-17H2,(H,28,31)(H,29,30). The largest absolute Gasteiger partial charge is 0.373 e. The van der Waals surface area contributed by atoms with E-state index in [1.807, 2.05) is 0 Å². The van der Waals surface area contributed by atoms with Crippen LogP contribution in [0.15, 0.2) is 48.5 Å². The minimum absolute atomic E-state index is 0.103. The minimum atomic E-state index is -0.519. The van der Waals surface area contributed by atoms with Crippen molar-refractivity contribution in [2.75, 3.05) is 6.61 Å². The van der Waals surface area contributed by atoms with Gasteiger partial charge in [0.1, 0.15) is 12.1 Å². The first-order valence-electron chi connectivity index (χ1n) is 12.0. The van der Waals surface area contributed by atoms with Gasteiger partial charge in [-0.05, 0) is 53.9 Å². The van der Waals surface area contributed by atoms with Gasteiger partial charge in [0.05, 0.1) is 12.7 Å². The van der Waals surface area contributed by atoms with Crippen LogP contribution in [0.4, 0.5) is 0 Å². The Kier molecular flexibility index (Phi) is 6.26. The van der Waals surface area contributed by atoms with Crippen LogP contribution in [0.5, 0.6) is 0 Å². The molecule has 3 fully saturated rings. The van der Waals surface area contributed by atoms with E-state index in [9.17, 15) is 9.59 Å². The van der Waals surface area contributed by atoms with E-state index >= 15 is 0 Å². The Morgan fingerprint density at radius 3 is 1.56 bits per heavy atom. The molecule has 0 bridgehead atoms. The quantitative estimate of drug-likeness (QED) is 0.567. The van der Waals surface area contributed by atoms with E-state index in [0.29, 0.717) is 18.9 Å². The fourth-order valence-corrected chi connectivity index (χ4v) is 4.46. The van der Waals surface area contributed by atoms with Crippen LogP contribution in [0.3, 0.4) is 0 Å². The first-order valence-corrected chi connectivity index (χ1v) is 12.0. The van der Waals surface area contributed by atoms with Gasteiger partial charge in [0.2, 0.25) is 11.8 Å². The molecule has 0 spiro atoms. The average molecular weight is 433 g/mol. The zero-order chi connectivity index (χ0) is 21.9. The maximum atomic E-state index is 12.7. The number of hydrogen-bond donors (Lipinski definition) is 2. The third-order valence-electron chi connectivity index (χ3n) is 6.89. The third kappa shape index (κ3) is 5.77. The molecule has 2 aromatic carbocycles. The fourth-order valence-electron chi connectivity index (χ4n) is 4.46. The molecule has 3 atom stereocenters. The molecule has 2 aromatic rings. The van der Waals surface area contributed by atoms with Gasteiger partial charge in [-0.3, -0.25) is 9.59 Å². The van der Waals surface area contributed by atoms with E-state index in [2.05, 4.69) is 59.2 Å². The monoisotopic (exact) mass is 432 g/mol. The molecular weight excluding hydrogens is 400 g/mol. The van der Waals surface area contributed by atoms with E-state index < -0.39 is 12.1 Å². The van der Waals surface area contributed by atoms with Crippen molar-refractivity contribution in [1.82, 2.24) is 10.6 Å². The zero-order valence-corrected chi connectivity index (χ0v) is 18.5. The summed E-state index contributed by atoms with van der Waals surface area (Å²) in [5.74, 6) is 0.725. The van der Waals surface area contributed by atoms with Crippen LogP contribution >= 0.6 is 0 Å². The number of carbonyl (C=O) groups excluding carboxylic acids is 2. The van der Waals surface area contributed by atoms with E-state index in [4.69, 9.17) is 4.74 Å². The van der Waals surface area contributed by atoms with Gasteiger partial charge in [0.15, 0.2) is 0 Å². The van der Waals surface area contributed by atoms with Gasteiger partial charge in [0, 0.05) is 12.8 Å². The summed E-state index contributed by atoms with van der Waals surface area (Å²) < 4.78 is 5.26. The van der Waals surface area contributed by atoms with Crippen LogP contribution in [0.1, 0.15) is 47.9 Å². The van der Waals surface area contributed by atoms with Crippen molar-refractivity contribution in [2.24, 2.45) is 5.92 Å². The highest BCUT2D eigenvalue weighted by Gasteiger charge is 2.33. The van der Waals surface area contributed by atoms with Crippen molar-refractivity contribution in [3.05, 3.63) is 70.8 Å². The molecule has 2 heterocycles. The Morgan fingerprint density at radius 2 is 1.12 bits per heavy atom. The summed E-state index contributed by atoms with van der Waals surface area (Å²) in [5.41, 5.74) is 4.76. The van der Waals surface area contributed by atoms with Gasteiger partial charge < -0.3 is 15.4 Å². The molecule has 1 aliphatic carbocycles. The van der Waals surface area contributed by atoms with Gasteiger partial charge in [-0.25, -0.2) is 0 Å². The topological polar surface area (TPSA) is 70.7 Å². The SMILES string of the molecule is O=C1NC(Cc2ccc(CCC3CO3)cc2)C(=O)NC1Cc1ccc(CCC2CC2)cc1. The first-order chi connectivity index (χ1) is 15.6. The number of hydrogen-bond acceptors (Lipinski definition) is 3. The Labute approximate surface area is 189 Å². The summed E-state index contributed by atoms with van der Waals surface area (Å²) in [7, 11) is 0. The lowest BCUT2D eigenvalue weighted by molar-refractivity contribution is -0.136. The highest BCUT2D eigenvalue weighted by molar-refractivity contribution is 5.97. The summed E-state index contributed by atoms with van der Waals surface area (Å²) in [6, 6.07) is 15.8. The highest BCUT2D eigenvalue weighted by atomic mass is 16.6. The Morgan fingerprint density at radius 1 is 0.688 bits per heavy atom. The zero-order valence-electron chi connectivity index (χ0n) is 18.5. The van der Waals surface area contributed by atoms with Crippen LogP contribution in [-0.2, 0) is 40.0 Å². The third-order valence-corrected chi connectivity index (χ3v) is 6.89. The number of amides is 2. The van der Waals surface area contributed by atoms with Crippen molar-refractivity contribution >= 4 is 11.8 Å². The average Bonchev–Trinajstić information content (AvgIpc) is 3.71. The molecule has 0 aromatic heterocycles. The number of ether oxygens (including phenoxy) is 1. The molecule has 1 saturated carbocycles.